The first-order chi connectivity index (χ1) is 13.5. The fraction of sp³-hybridized carbons (Fsp3) is 0.696. The van der Waals surface area contributed by atoms with Gasteiger partial charge in [0.2, 0.25) is 5.91 Å². The van der Waals surface area contributed by atoms with Crippen LogP contribution in [0, 0.1) is 0 Å². The van der Waals surface area contributed by atoms with Gasteiger partial charge in [-0.05, 0) is 68.9 Å². The van der Waals surface area contributed by atoms with E-state index in [1.807, 2.05) is 4.90 Å². The summed E-state index contributed by atoms with van der Waals surface area (Å²) in [5.41, 5.74) is 10.3. The summed E-state index contributed by atoms with van der Waals surface area (Å²) in [6.07, 6.45) is 5.20. The van der Waals surface area contributed by atoms with Crippen molar-refractivity contribution >= 4 is 5.91 Å². The number of carbonyl (C=O) groups is 1. The summed E-state index contributed by atoms with van der Waals surface area (Å²) in [6.45, 7) is 10.3. The number of piperidine rings is 1. The molecule has 0 aromatic heterocycles. The van der Waals surface area contributed by atoms with Crippen molar-refractivity contribution in [3.63, 3.8) is 0 Å². The molecule has 1 aromatic carbocycles. The average Bonchev–Trinajstić information content (AvgIpc) is 2.73. The molecule has 0 aliphatic carbocycles. The van der Waals surface area contributed by atoms with Gasteiger partial charge in [0.05, 0.1) is 6.04 Å². The number of likely N-dealkylation sites (tertiary alicyclic amines) is 1. The van der Waals surface area contributed by atoms with E-state index in [4.69, 9.17) is 5.73 Å². The fourth-order valence-corrected chi connectivity index (χ4v) is 4.72. The maximum atomic E-state index is 12.9. The number of amides is 1. The molecular formula is C23H38N4O. The smallest absolute Gasteiger partial charge is 0.239 e. The normalized spacial score (nSPS) is 21.1. The molecule has 3 rings (SSSR count). The van der Waals surface area contributed by atoms with Crippen LogP contribution in [0.15, 0.2) is 18.2 Å². The number of nitrogens with two attached hydrogens (primary N) is 1. The third-order valence-corrected chi connectivity index (χ3v) is 6.64. The molecule has 0 unspecified atom stereocenters. The summed E-state index contributed by atoms with van der Waals surface area (Å²) in [6, 6.07) is 6.83. The number of aryl methyl sites for hydroxylation is 2. The summed E-state index contributed by atoms with van der Waals surface area (Å²) in [7, 11) is 2.20. The summed E-state index contributed by atoms with van der Waals surface area (Å²) in [5, 5.41) is 0. The zero-order chi connectivity index (χ0) is 20.1. The van der Waals surface area contributed by atoms with Crippen LogP contribution in [0.4, 0.5) is 0 Å². The van der Waals surface area contributed by atoms with Gasteiger partial charge in [-0.2, -0.15) is 0 Å². The van der Waals surface area contributed by atoms with Crippen molar-refractivity contribution in [2.75, 3.05) is 46.3 Å². The molecule has 2 aliphatic rings. The Morgan fingerprint density at radius 2 is 1.68 bits per heavy atom. The minimum Gasteiger partial charge on any atom is -0.339 e. The largest absolute Gasteiger partial charge is 0.339 e. The Bertz CT molecular complexity index is 646. The van der Waals surface area contributed by atoms with Crippen LogP contribution in [-0.2, 0) is 24.1 Å². The summed E-state index contributed by atoms with van der Waals surface area (Å²) in [5.74, 6) is 0.112. The lowest BCUT2D eigenvalue weighted by Gasteiger charge is -2.42. The van der Waals surface area contributed by atoms with Gasteiger partial charge in [-0.25, -0.2) is 0 Å². The Morgan fingerprint density at radius 1 is 1.04 bits per heavy atom. The van der Waals surface area contributed by atoms with Crippen LogP contribution in [0.5, 0.6) is 0 Å². The molecule has 0 bridgehead atoms. The van der Waals surface area contributed by atoms with Crippen LogP contribution in [0.1, 0.15) is 43.4 Å². The van der Waals surface area contributed by atoms with E-state index in [1.165, 1.54) is 42.6 Å². The minimum absolute atomic E-state index is 0.112. The zero-order valence-corrected chi connectivity index (χ0v) is 18.0. The lowest BCUT2D eigenvalue weighted by molar-refractivity contribution is -0.134. The van der Waals surface area contributed by atoms with Gasteiger partial charge >= 0.3 is 0 Å². The highest BCUT2D eigenvalue weighted by atomic mass is 16.2. The molecule has 156 valence electrons. The standard InChI is InChI=1S/C23H38N4O/c1-4-19-7-6-18(16-20(19)5-2)17-22(24)23(28)27-14-12-26(13-15-27)21-8-10-25(3)11-9-21/h6-7,16,21-22H,4-5,8-15,17,24H2,1-3H3/t22-/m0/s1. The molecule has 0 radical (unpaired) electrons. The Balaban J connectivity index is 1.50. The Morgan fingerprint density at radius 3 is 2.29 bits per heavy atom. The van der Waals surface area contributed by atoms with Crippen LogP contribution in [0.25, 0.3) is 0 Å². The molecule has 1 amide bonds. The van der Waals surface area contributed by atoms with E-state index in [2.05, 4.69) is 48.9 Å². The number of carbonyl (C=O) groups excluding carboxylic acids is 1. The molecule has 5 nitrogen and oxygen atoms in total. The first-order valence-electron chi connectivity index (χ1n) is 11.1. The lowest BCUT2D eigenvalue weighted by atomic mass is 9.96. The van der Waals surface area contributed by atoms with Crippen LogP contribution >= 0.6 is 0 Å². The van der Waals surface area contributed by atoms with Crippen LogP contribution in [0.2, 0.25) is 0 Å². The van der Waals surface area contributed by atoms with Crippen molar-refractivity contribution in [3.8, 4) is 0 Å². The highest BCUT2D eigenvalue weighted by molar-refractivity contribution is 5.82. The topological polar surface area (TPSA) is 52.8 Å². The molecule has 2 N–H and O–H groups in total. The zero-order valence-electron chi connectivity index (χ0n) is 18.0. The monoisotopic (exact) mass is 386 g/mol. The SMILES string of the molecule is CCc1ccc(C[C@H](N)C(=O)N2CCN(C3CCN(C)CC3)CC2)cc1CC. The molecule has 2 fully saturated rings. The molecule has 0 spiro atoms. The quantitative estimate of drug-likeness (QED) is 0.812. The Labute approximate surface area is 170 Å². The second-order valence-electron chi connectivity index (χ2n) is 8.52. The molecule has 1 aromatic rings. The van der Waals surface area contributed by atoms with E-state index in [-0.39, 0.29) is 5.91 Å². The average molecular weight is 387 g/mol. The first-order valence-corrected chi connectivity index (χ1v) is 11.1. The number of hydrogen-bond acceptors (Lipinski definition) is 4. The van der Waals surface area contributed by atoms with Gasteiger partial charge in [-0.1, -0.05) is 32.0 Å². The number of rotatable bonds is 6. The molecule has 2 saturated heterocycles. The molecule has 28 heavy (non-hydrogen) atoms. The minimum atomic E-state index is -0.438. The highest BCUT2D eigenvalue weighted by Crippen LogP contribution is 2.19. The van der Waals surface area contributed by atoms with E-state index in [0.717, 1.165) is 39.0 Å². The number of hydrogen-bond donors (Lipinski definition) is 1. The van der Waals surface area contributed by atoms with Crippen LogP contribution in [0.3, 0.4) is 0 Å². The predicted octanol–water partition coefficient (Wildman–Crippen LogP) is 1.92. The summed E-state index contributed by atoms with van der Waals surface area (Å²) in [4.78, 5) is 19.9. The fourth-order valence-electron chi connectivity index (χ4n) is 4.72. The molecule has 1 atom stereocenters. The van der Waals surface area contributed by atoms with Crippen LogP contribution < -0.4 is 5.73 Å². The lowest BCUT2D eigenvalue weighted by Crippen LogP contribution is -2.56. The van der Waals surface area contributed by atoms with Crippen molar-refractivity contribution < 1.29 is 4.79 Å². The predicted molar refractivity (Wildman–Crippen MR) is 116 cm³/mol. The first kappa shape index (κ1) is 21.3. The molecule has 0 saturated carbocycles. The summed E-state index contributed by atoms with van der Waals surface area (Å²) < 4.78 is 0. The van der Waals surface area contributed by atoms with E-state index in [1.54, 1.807) is 0 Å². The molecule has 5 heteroatoms. The molecule has 2 aliphatic heterocycles. The highest BCUT2D eigenvalue weighted by Gasteiger charge is 2.29. The second-order valence-corrected chi connectivity index (χ2v) is 8.52. The third-order valence-electron chi connectivity index (χ3n) is 6.64. The van der Waals surface area contributed by atoms with Crippen molar-refractivity contribution in [2.24, 2.45) is 5.73 Å². The van der Waals surface area contributed by atoms with Gasteiger partial charge in [-0.3, -0.25) is 9.69 Å². The maximum Gasteiger partial charge on any atom is 0.239 e. The van der Waals surface area contributed by atoms with Gasteiger partial charge in [0.25, 0.3) is 0 Å². The number of nitrogens with zero attached hydrogens (tertiary/aromatic N) is 3. The molecular weight excluding hydrogens is 348 g/mol. The van der Waals surface area contributed by atoms with Gasteiger partial charge in [0, 0.05) is 32.2 Å². The van der Waals surface area contributed by atoms with Crippen molar-refractivity contribution in [1.29, 1.82) is 0 Å². The third kappa shape index (κ3) is 5.13. The maximum absolute atomic E-state index is 12.9. The number of piperazine rings is 1. The van der Waals surface area contributed by atoms with Gasteiger partial charge in [0.1, 0.15) is 0 Å². The van der Waals surface area contributed by atoms with Gasteiger partial charge < -0.3 is 15.5 Å². The van der Waals surface area contributed by atoms with E-state index in [0.29, 0.717) is 12.5 Å². The van der Waals surface area contributed by atoms with E-state index < -0.39 is 6.04 Å². The van der Waals surface area contributed by atoms with Crippen LogP contribution in [-0.4, -0.2) is 79.0 Å². The number of benzene rings is 1. The molecule has 2 heterocycles. The van der Waals surface area contributed by atoms with Crippen molar-refractivity contribution in [1.82, 2.24) is 14.7 Å². The van der Waals surface area contributed by atoms with Gasteiger partial charge in [0.15, 0.2) is 0 Å². The van der Waals surface area contributed by atoms with Crippen molar-refractivity contribution in [3.05, 3.63) is 34.9 Å². The Hall–Kier alpha value is -1.43. The van der Waals surface area contributed by atoms with Gasteiger partial charge in [-0.15, -0.1) is 0 Å². The Kier molecular flexibility index (Phi) is 7.49. The van der Waals surface area contributed by atoms with Crippen molar-refractivity contribution in [2.45, 2.75) is 58.0 Å². The second kappa shape index (κ2) is 9.86. The van der Waals surface area contributed by atoms with E-state index >= 15 is 0 Å². The van der Waals surface area contributed by atoms with E-state index in [9.17, 15) is 4.79 Å². The summed E-state index contributed by atoms with van der Waals surface area (Å²) >= 11 is 0.